The van der Waals surface area contributed by atoms with Crippen molar-refractivity contribution in [2.45, 2.75) is 32.7 Å². The zero-order valence-electron chi connectivity index (χ0n) is 11.2. The second kappa shape index (κ2) is 5.57. The maximum atomic E-state index is 11.9. The van der Waals surface area contributed by atoms with E-state index in [-0.39, 0.29) is 11.8 Å². The van der Waals surface area contributed by atoms with Crippen molar-refractivity contribution >= 4 is 28.7 Å². The van der Waals surface area contributed by atoms with Crippen molar-refractivity contribution in [2.24, 2.45) is 0 Å². The number of alkyl halides is 1. The fourth-order valence-electron chi connectivity index (χ4n) is 2.03. The highest BCUT2D eigenvalue weighted by molar-refractivity contribution is 6.16. The lowest BCUT2D eigenvalue weighted by Crippen LogP contribution is -2.21. The summed E-state index contributed by atoms with van der Waals surface area (Å²) in [4.78, 5) is 20.7. The van der Waals surface area contributed by atoms with Crippen LogP contribution in [0.15, 0.2) is 12.3 Å². The second-order valence-corrected chi connectivity index (χ2v) is 4.53. The Labute approximate surface area is 116 Å². The summed E-state index contributed by atoms with van der Waals surface area (Å²) < 4.78 is 6.79. The van der Waals surface area contributed by atoms with Crippen LogP contribution in [0.25, 0.3) is 11.2 Å². The van der Waals surface area contributed by atoms with Crippen molar-refractivity contribution in [3.8, 4) is 0 Å². The zero-order valence-corrected chi connectivity index (χ0v) is 11.9. The van der Waals surface area contributed by atoms with Crippen LogP contribution in [0, 0.1) is 6.92 Å². The molecule has 0 spiro atoms. The standard InChI is InChI=1S/C13H16ClN3O2/c1-4-19-13(18)9(3)17-10(7-14)16-11-8(2)5-6-15-12(11)17/h5-6,9H,4,7H2,1-3H3. The fourth-order valence-corrected chi connectivity index (χ4v) is 2.21. The predicted molar refractivity (Wildman–Crippen MR) is 73.2 cm³/mol. The van der Waals surface area contributed by atoms with Crippen LogP contribution in [0.1, 0.15) is 31.3 Å². The average molecular weight is 282 g/mol. The third kappa shape index (κ3) is 2.42. The molecule has 0 aliphatic carbocycles. The first-order valence-electron chi connectivity index (χ1n) is 6.15. The highest BCUT2D eigenvalue weighted by Crippen LogP contribution is 2.23. The molecule has 0 aromatic carbocycles. The molecule has 0 aliphatic heterocycles. The Hall–Kier alpha value is -1.62. The van der Waals surface area contributed by atoms with Crippen LogP contribution in [0.3, 0.4) is 0 Å². The van der Waals surface area contributed by atoms with Crippen molar-refractivity contribution in [3.63, 3.8) is 0 Å². The summed E-state index contributed by atoms with van der Waals surface area (Å²) in [6.07, 6.45) is 1.70. The highest BCUT2D eigenvalue weighted by atomic mass is 35.5. The van der Waals surface area contributed by atoms with Crippen LogP contribution in [-0.2, 0) is 15.4 Å². The number of esters is 1. The molecule has 5 nitrogen and oxygen atoms in total. The molecule has 1 unspecified atom stereocenters. The van der Waals surface area contributed by atoms with E-state index in [1.54, 1.807) is 24.6 Å². The lowest BCUT2D eigenvalue weighted by atomic mass is 10.2. The number of hydrogen-bond acceptors (Lipinski definition) is 4. The van der Waals surface area contributed by atoms with Gasteiger partial charge >= 0.3 is 5.97 Å². The molecule has 0 fully saturated rings. The number of carbonyl (C=O) groups excluding carboxylic acids is 1. The van der Waals surface area contributed by atoms with E-state index in [0.29, 0.717) is 18.1 Å². The van der Waals surface area contributed by atoms with Gasteiger partial charge in [0.15, 0.2) is 5.65 Å². The van der Waals surface area contributed by atoms with Crippen molar-refractivity contribution in [1.29, 1.82) is 0 Å². The van der Waals surface area contributed by atoms with Gasteiger partial charge in [-0.2, -0.15) is 0 Å². The molecule has 0 aliphatic rings. The number of pyridine rings is 1. The van der Waals surface area contributed by atoms with Gasteiger partial charge < -0.3 is 4.74 Å². The molecule has 19 heavy (non-hydrogen) atoms. The summed E-state index contributed by atoms with van der Waals surface area (Å²) >= 11 is 5.92. The monoisotopic (exact) mass is 281 g/mol. The molecule has 6 heteroatoms. The van der Waals surface area contributed by atoms with E-state index in [0.717, 1.165) is 11.1 Å². The molecular formula is C13H16ClN3O2. The van der Waals surface area contributed by atoms with Gasteiger partial charge in [0.25, 0.3) is 0 Å². The summed E-state index contributed by atoms with van der Waals surface area (Å²) in [5.41, 5.74) is 2.44. The first-order chi connectivity index (χ1) is 9.10. The van der Waals surface area contributed by atoms with Crippen LogP contribution >= 0.6 is 11.6 Å². The summed E-state index contributed by atoms with van der Waals surface area (Å²) in [7, 11) is 0. The minimum atomic E-state index is -0.493. The zero-order chi connectivity index (χ0) is 14.0. The van der Waals surface area contributed by atoms with Gasteiger partial charge in [0.1, 0.15) is 17.4 Å². The van der Waals surface area contributed by atoms with Gasteiger partial charge in [-0.25, -0.2) is 14.8 Å². The normalized spacial score (nSPS) is 12.6. The van der Waals surface area contributed by atoms with Gasteiger partial charge in [-0.3, -0.25) is 4.57 Å². The number of carbonyl (C=O) groups is 1. The molecule has 1 atom stereocenters. The lowest BCUT2D eigenvalue weighted by Gasteiger charge is -2.14. The minimum absolute atomic E-state index is 0.222. The molecule has 2 heterocycles. The number of imidazole rings is 1. The molecule has 0 bridgehead atoms. The topological polar surface area (TPSA) is 57.0 Å². The van der Waals surface area contributed by atoms with Crippen molar-refractivity contribution < 1.29 is 9.53 Å². The maximum absolute atomic E-state index is 11.9. The number of nitrogens with zero attached hydrogens (tertiary/aromatic N) is 3. The Balaban J connectivity index is 2.57. The van der Waals surface area contributed by atoms with E-state index >= 15 is 0 Å². The van der Waals surface area contributed by atoms with Crippen LogP contribution in [-0.4, -0.2) is 27.1 Å². The summed E-state index contributed by atoms with van der Waals surface area (Å²) in [5, 5.41) is 0. The van der Waals surface area contributed by atoms with E-state index in [2.05, 4.69) is 9.97 Å². The summed E-state index contributed by atoms with van der Waals surface area (Å²) in [6, 6.07) is 1.39. The molecule has 0 amide bonds. The molecule has 0 saturated heterocycles. The van der Waals surface area contributed by atoms with Gasteiger partial charge in [0.05, 0.1) is 12.5 Å². The Kier molecular flexibility index (Phi) is 4.04. The van der Waals surface area contributed by atoms with Crippen LogP contribution in [0.4, 0.5) is 0 Å². The SMILES string of the molecule is CCOC(=O)C(C)n1c(CCl)nc2c(C)ccnc21. The summed E-state index contributed by atoms with van der Waals surface area (Å²) in [5.74, 6) is 0.537. The largest absolute Gasteiger partial charge is 0.464 e. The smallest absolute Gasteiger partial charge is 0.328 e. The predicted octanol–water partition coefficient (Wildman–Crippen LogP) is 2.60. The number of rotatable bonds is 4. The van der Waals surface area contributed by atoms with E-state index in [9.17, 15) is 4.79 Å². The Bertz CT molecular complexity index is 609. The minimum Gasteiger partial charge on any atom is -0.464 e. The Morgan fingerprint density at radius 2 is 2.32 bits per heavy atom. The second-order valence-electron chi connectivity index (χ2n) is 4.26. The van der Waals surface area contributed by atoms with Crippen molar-refractivity contribution in [3.05, 3.63) is 23.7 Å². The quantitative estimate of drug-likeness (QED) is 0.638. The van der Waals surface area contributed by atoms with Crippen LogP contribution in [0.5, 0.6) is 0 Å². The van der Waals surface area contributed by atoms with Crippen molar-refractivity contribution in [1.82, 2.24) is 14.5 Å². The number of halogens is 1. The molecule has 0 N–H and O–H groups in total. The molecule has 2 rings (SSSR count). The van der Waals surface area contributed by atoms with Gasteiger partial charge in [-0.1, -0.05) is 0 Å². The lowest BCUT2D eigenvalue weighted by molar-refractivity contribution is -0.146. The highest BCUT2D eigenvalue weighted by Gasteiger charge is 2.23. The molecule has 2 aromatic rings. The van der Waals surface area contributed by atoms with Gasteiger partial charge in [0, 0.05) is 6.20 Å². The third-order valence-corrected chi connectivity index (χ3v) is 3.23. The third-order valence-electron chi connectivity index (χ3n) is 2.99. The van der Waals surface area contributed by atoms with Crippen LogP contribution in [0.2, 0.25) is 0 Å². The maximum Gasteiger partial charge on any atom is 0.328 e. The molecular weight excluding hydrogens is 266 g/mol. The van der Waals surface area contributed by atoms with E-state index in [1.165, 1.54) is 0 Å². The fraction of sp³-hybridized carbons (Fsp3) is 0.462. The number of ether oxygens (including phenoxy) is 1. The number of aryl methyl sites for hydroxylation is 1. The first kappa shape index (κ1) is 13.8. The Morgan fingerprint density at radius 1 is 1.58 bits per heavy atom. The van der Waals surface area contributed by atoms with Gasteiger partial charge in [0.2, 0.25) is 0 Å². The van der Waals surface area contributed by atoms with E-state index in [4.69, 9.17) is 16.3 Å². The van der Waals surface area contributed by atoms with Gasteiger partial charge in [-0.15, -0.1) is 11.6 Å². The molecule has 102 valence electrons. The van der Waals surface area contributed by atoms with E-state index in [1.807, 2.05) is 13.0 Å². The Morgan fingerprint density at radius 3 is 2.95 bits per heavy atom. The number of fused-ring (bicyclic) bond motifs is 1. The number of hydrogen-bond donors (Lipinski definition) is 0. The molecule has 2 aromatic heterocycles. The van der Waals surface area contributed by atoms with Crippen molar-refractivity contribution in [2.75, 3.05) is 6.61 Å². The molecule has 0 radical (unpaired) electrons. The first-order valence-corrected chi connectivity index (χ1v) is 6.68. The number of aromatic nitrogens is 3. The summed E-state index contributed by atoms with van der Waals surface area (Å²) in [6.45, 7) is 5.84. The average Bonchev–Trinajstić information content (AvgIpc) is 2.78. The van der Waals surface area contributed by atoms with Crippen LogP contribution < -0.4 is 0 Å². The van der Waals surface area contributed by atoms with E-state index < -0.39 is 6.04 Å². The van der Waals surface area contributed by atoms with Gasteiger partial charge in [-0.05, 0) is 32.4 Å². The molecule has 0 saturated carbocycles.